The lowest BCUT2D eigenvalue weighted by Gasteiger charge is -2.27. The standard InChI is InChI=1S/C24H23FN2O4S/c25-20-7-3-2-6-18(20)16-31-19-10-8-17(9-11-19)14-21-23(29)27(24(30)32-21)15-22(28)26-12-4-1-5-13-26/h2-3,6-11,14H,1,4-5,12-13,15-16H2/b21-14-. The van der Waals surface area contributed by atoms with Crippen molar-refractivity contribution in [3.05, 3.63) is 70.4 Å². The van der Waals surface area contributed by atoms with E-state index in [1.807, 2.05) is 0 Å². The van der Waals surface area contributed by atoms with Gasteiger partial charge in [-0.2, -0.15) is 0 Å². The van der Waals surface area contributed by atoms with E-state index >= 15 is 0 Å². The Hall–Kier alpha value is -3.13. The van der Waals surface area contributed by atoms with Crippen molar-refractivity contribution >= 4 is 34.9 Å². The van der Waals surface area contributed by atoms with Gasteiger partial charge in [-0.1, -0.05) is 30.3 Å². The van der Waals surface area contributed by atoms with Crippen molar-refractivity contribution in [3.8, 4) is 5.75 Å². The summed E-state index contributed by atoms with van der Waals surface area (Å²) in [5, 5.41) is -0.434. The number of benzene rings is 2. The zero-order chi connectivity index (χ0) is 22.5. The number of rotatable bonds is 6. The number of imide groups is 1. The summed E-state index contributed by atoms with van der Waals surface area (Å²) in [5.41, 5.74) is 1.18. The van der Waals surface area contributed by atoms with E-state index in [0.717, 1.165) is 41.5 Å². The van der Waals surface area contributed by atoms with Crippen molar-refractivity contribution in [1.82, 2.24) is 9.80 Å². The van der Waals surface area contributed by atoms with Crippen molar-refractivity contribution in [2.75, 3.05) is 19.6 Å². The molecule has 0 unspecified atom stereocenters. The predicted octanol–water partition coefficient (Wildman–Crippen LogP) is 4.45. The first-order valence-electron chi connectivity index (χ1n) is 10.5. The molecule has 2 aliphatic rings. The number of hydrogen-bond acceptors (Lipinski definition) is 5. The summed E-state index contributed by atoms with van der Waals surface area (Å²) < 4.78 is 19.3. The number of carbonyl (C=O) groups excluding carboxylic acids is 3. The van der Waals surface area contributed by atoms with Crippen LogP contribution in [0.4, 0.5) is 9.18 Å². The van der Waals surface area contributed by atoms with Gasteiger partial charge in [0.25, 0.3) is 11.1 Å². The van der Waals surface area contributed by atoms with Gasteiger partial charge in [0, 0.05) is 18.7 Å². The minimum absolute atomic E-state index is 0.107. The van der Waals surface area contributed by atoms with Crippen molar-refractivity contribution in [2.24, 2.45) is 0 Å². The molecular formula is C24H23FN2O4S. The lowest BCUT2D eigenvalue weighted by Crippen LogP contribution is -2.44. The van der Waals surface area contributed by atoms with Crippen molar-refractivity contribution in [3.63, 3.8) is 0 Å². The van der Waals surface area contributed by atoms with Crippen LogP contribution in [0.25, 0.3) is 6.08 Å². The minimum Gasteiger partial charge on any atom is -0.489 e. The van der Waals surface area contributed by atoms with Crippen molar-refractivity contribution in [1.29, 1.82) is 0 Å². The Bertz CT molecular complexity index is 1050. The molecule has 0 N–H and O–H groups in total. The maximum atomic E-state index is 13.7. The van der Waals surface area contributed by atoms with Gasteiger partial charge in [0.05, 0.1) is 4.91 Å². The summed E-state index contributed by atoms with van der Waals surface area (Å²) in [5.74, 6) is -0.404. The first-order chi connectivity index (χ1) is 15.5. The number of amides is 3. The highest BCUT2D eigenvalue weighted by atomic mass is 32.2. The fourth-order valence-corrected chi connectivity index (χ4v) is 4.44. The molecule has 166 valence electrons. The fraction of sp³-hybridized carbons (Fsp3) is 0.292. The number of hydrogen-bond donors (Lipinski definition) is 0. The van der Waals surface area contributed by atoms with Gasteiger partial charge in [-0.3, -0.25) is 19.3 Å². The third-order valence-electron chi connectivity index (χ3n) is 5.41. The van der Waals surface area contributed by atoms with E-state index in [4.69, 9.17) is 4.74 Å². The largest absolute Gasteiger partial charge is 0.489 e. The van der Waals surface area contributed by atoms with Gasteiger partial charge in [0.15, 0.2) is 0 Å². The summed E-state index contributed by atoms with van der Waals surface area (Å²) in [6.45, 7) is 1.24. The van der Waals surface area contributed by atoms with Gasteiger partial charge in [-0.25, -0.2) is 4.39 Å². The van der Waals surface area contributed by atoms with Crippen LogP contribution >= 0.6 is 11.8 Å². The second-order valence-electron chi connectivity index (χ2n) is 7.66. The molecule has 6 nitrogen and oxygen atoms in total. The van der Waals surface area contributed by atoms with Crippen molar-refractivity contribution < 1.29 is 23.5 Å². The van der Waals surface area contributed by atoms with E-state index < -0.39 is 11.1 Å². The van der Waals surface area contributed by atoms with E-state index in [9.17, 15) is 18.8 Å². The predicted molar refractivity (Wildman–Crippen MR) is 120 cm³/mol. The molecule has 2 aliphatic heterocycles. The second-order valence-corrected chi connectivity index (χ2v) is 8.65. The summed E-state index contributed by atoms with van der Waals surface area (Å²) >= 11 is 0.833. The van der Waals surface area contributed by atoms with E-state index in [-0.39, 0.29) is 29.8 Å². The molecule has 0 aromatic heterocycles. The van der Waals surface area contributed by atoms with Crippen LogP contribution in [0.1, 0.15) is 30.4 Å². The number of carbonyl (C=O) groups is 3. The highest BCUT2D eigenvalue weighted by Crippen LogP contribution is 2.32. The summed E-state index contributed by atoms with van der Waals surface area (Å²) in [7, 11) is 0. The normalized spacial score (nSPS) is 17.8. The Kier molecular flexibility index (Phi) is 6.90. The van der Waals surface area contributed by atoms with Crippen molar-refractivity contribution in [2.45, 2.75) is 25.9 Å². The number of likely N-dealkylation sites (tertiary alicyclic amines) is 1. The maximum Gasteiger partial charge on any atom is 0.294 e. The molecule has 0 aliphatic carbocycles. The molecule has 32 heavy (non-hydrogen) atoms. The average molecular weight is 455 g/mol. The van der Waals surface area contributed by atoms with Crippen LogP contribution < -0.4 is 4.74 Å². The Labute approximate surface area is 190 Å². The molecule has 0 atom stereocenters. The summed E-state index contributed by atoms with van der Waals surface area (Å²) in [6, 6.07) is 13.4. The topological polar surface area (TPSA) is 66.9 Å². The van der Waals surface area contributed by atoms with E-state index in [1.165, 1.54) is 6.07 Å². The lowest BCUT2D eigenvalue weighted by molar-refractivity contribution is -0.136. The number of ether oxygens (including phenoxy) is 1. The molecule has 2 aromatic carbocycles. The molecule has 4 rings (SSSR count). The third kappa shape index (κ3) is 5.19. The van der Waals surface area contributed by atoms with Crippen LogP contribution in [0.3, 0.4) is 0 Å². The van der Waals surface area contributed by atoms with Gasteiger partial charge in [-0.15, -0.1) is 0 Å². The van der Waals surface area contributed by atoms with Gasteiger partial charge < -0.3 is 9.64 Å². The Morgan fingerprint density at radius 2 is 1.75 bits per heavy atom. The SMILES string of the molecule is O=C(CN1C(=O)S/C(=C\c2ccc(OCc3ccccc3F)cc2)C1=O)N1CCCCC1. The smallest absolute Gasteiger partial charge is 0.294 e. The molecule has 8 heteroatoms. The Morgan fingerprint density at radius 3 is 2.47 bits per heavy atom. The highest BCUT2D eigenvalue weighted by Gasteiger charge is 2.37. The summed E-state index contributed by atoms with van der Waals surface area (Å²) in [4.78, 5) is 40.5. The van der Waals surface area contributed by atoms with Crippen LogP contribution in [-0.2, 0) is 16.2 Å². The molecule has 2 fully saturated rings. The van der Waals surface area contributed by atoms with Crippen LogP contribution in [0.5, 0.6) is 5.75 Å². The van der Waals surface area contributed by atoms with Crippen LogP contribution in [0.2, 0.25) is 0 Å². The van der Waals surface area contributed by atoms with Gasteiger partial charge in [0.1, 0.15) is 24.7 Å². The first-order valence-corrected chi connectivity index (χ1v) is 11.3. The Morgan fingerprint density at radius 1 is 1.03 bits per heavy atom. The quantitative estimate of drug-likeness (QED) is 0.603. The van der Waals surface area contributed by atoms with E-state index in [0.29, 0.717) is 24.4 Å². The highest BCUT2D eigenvalue weighted by molar-refractivity contribution is 8.18. The maximum absolute atomic E-state index is 13.7. The Balaban J connectivity index is 1.37. The molecular weight excluding hydrogens is 431 g/mol. The number of nitrogens with zero attached hydrogens (tertiary/aromatic N) is 2. The zero-order valence-electron chi connectivity index (χ0n) is 17.5. The summed E-state index contributed by atoms with van der Waals surface area (Å²) in [6.07, 6.45) is 4.62. The molecule has 3 amide bonds. The zero-order valence-corrected chi connectivity index (χ0v) is 18.3. The van der Waals surface area contributed by atoms with Crippen LogP contribution in [0, 0.1) is 5.82 Å². The molecule has 0 saturated carbocycles. The lowest BCUT2D eigenvalue weighted by atomic mass is 10.1. The van der Waals surface area contributed by atoms with Gasteiger partial charge in [0.2, 0.25) is 5.91 Å². The second kappa shape index (κ2) is 9.99. The third-order valence-corrected chi connectivity index (χ3v) is 6.31. The van der Waals surface area contributed by atoms with E-state index in [2.05, 4.69) is 0 Å². The molecule has 2 aromatic rings. The van der Waals surface area contributed by atoms with Crippen LogP contribution in [0.15, 0.2) is 53.4 Å². The number of piperidine rings is 1. The molecule has 2 saturated heterocycles. The van der Waals surface area contributed by atoms with Crippen LogP contribution in [-0.4, -0.2) is 46.5 Å². The first kappa shape index (κ1) is 22.1. The van der Waals surface area contributed by atoms with Gasteiger partial charge in [-0.05, 0) is 60.9 Å². The molecule has 0 bridgehead atoms. The fourth-order valence-electron chi connectivity index (χ4n) is 3.60. The molecule has 0 radical (unpaired) electrons. The average Bonchev–Trinajstić information content (AvgIpc) is 3.07. The monoisotopic (exact) mass is 454 g/mol. The molecule has 0 spiro atoms. The molecule has 2 heterocycles. The van der Waals surface area contributed by atoms with Gasteiger partial charge >= 0.3 is 0 Å². The minimum atomic E-state index is -0.453. The number of thioether (sulfide) groups is 1. The van der Waals surface area contributed by atoms with E-state index in [1.54, 1.807) is 53.4 Å². The number of halogens is 1.